The van der Waals surface area contributed by atoms with Crippen LogP contribution in [0.2, 0.25) is 0 Å². The molecule has 0 aromatic heterocycles. The second-order valence-corrected chi connectivity index (χ2v) is 5.08. The van der Waals surface area contributed by atoms with Gasteiger partial charge in [0.05, 0.1) is 5.92 Å². The van der Waals surface area contributed by atoms with Crippen molar-refractivity contribution >= 4 is 17.5 Å². The highest BCUT2D eigenvalue weighted by atomic mass is 32.2. The minimum atomic E-state index is 0.0948. The number of Topliss-reactive ketones (excluding diaryl/α,β-unsaturated/α-hetero) is 1. The van der Waals surface area contributed by atoms with E-state index >= 15 is 0 Å². The van der Waals surface area contributed by atoms with Gasteiger partial charge in [0.1, 0.15) is 5.78 Å². The third-order valence-electron chi connectivity index (χ3n) is 2.34. The Labute approximate surface area is 90.7 Å². The van der Waals surface area contributed by atoms with Crippen LogP contribution in [0.25, 0.3) is 0 Å². The Morgan fingerprint density at radius 2 is 2.00 bits per heavy atom. The van der Waals surface area contributed by atoms with Crippen molar-refractivity contribution in [2.24, 2.45) is 11.8 Å². The summed E-state index contributed by atoms with van der Waals surface area (Å²) in [7, 11) is 0. The molecule has 0 spiro atoms. The largest absolute Gasteiger partial charge is 0.299 e. The Bertz CT molecular complexity index is 253. The van der Waals surface area contributed by atoms with Crippen molar-refractivity contribution in [2.75, 3.05) is 6.26 Å². The molecule has 0 amide bonds. The van der Waals surface area contributed by atoms with E-state index in [-0.39, 0.29) is 5.92 Å². The lowest BCUT2D eigenvalue weighted by Crippen LogP contribution is -2.25. The highest BCUT2D eigenvalue weighted by Gasteiger charge is 2.24. The molecule has 2 unspecified atom stereocenters. The van der Waals surface area contributed by atoms with Crippen LogP contribution in [0.5, 0.6) is 0 Å². The van der Waals surface area contributed by atoms with E-state index in [4.69, 9.17) is 0 Å². The molecular formula is C12H18OS. The average molecular weight is 210 g/mol. The minimum absolute atomic E-state index is 0.0948. The minimum Gasteiger partial charge on any atom is -0.299 e. The van der Waals surface area contributed by atoms with Crippen molar-refractivity contribution in [1.29, 1.82) is 0 Å². The molecule has 0 radical (unpaired) electrons. The first-order valence-electron chi connectivity index (χ1n) is 5.05. The van der Waals surface area contributed by atoms with Gasteiger partial charge in [-0.25, -0.2) is 0 Å². The molecule has 2 atom stereocenters. The quantitative estimate of drug-likeness (QED) is 0.709. The summed E-state index contributed by atoms with van der Waals surface area (Å²) < 4.78 is 0. The third-order valence-corrected chi connectivity index (χ3v) is 3.33. The predicted octanol–water partition coefficient (Wildman–Crippen LogP) is 3.08. The van der Waals surface area contributed by atoms with Gasteiger partial charge in [0, 0.05) is 11.7 Å². The molecule has 1 nitrogen and oxygen atoms in total. The number of thioether (sulfide) groups is 1. The second-order valence-electron chi connectivity index (χ2n) is 4.06. The molecule has 0 fully saturated rings. The van der Waals surface area contributed by atoms with E-state index in [2.05, 4.69) is 26.2 Å². The van der Waals surface area contributed by atoms with Crippen molar-refractivity contribution < 1.29 is 4.79 Å². The molecule has 1 rings (SSSR count). The van der Waals surface area contributed by atoms with Crippen LogP contribution in [0.1, 0.15) is 20.3 Å². The number of allylic oxidation sites excluding steroid dienone is 3. The predicted molar refractivity (Wildman–Crippen MR) is 63.5 cm³/mol. The van der Waals surface area contributed by atoms with E-state index in [0.717, 1.165) is 0 Å². The van der Waals surface area contributed by atoms with Crippen LogP contribution >= 0.6 is 11.8 Å². The molecule has 0 heterocycles. The normalized spacial score (nSPS) is 25.7. The lowest BCUT2D eigenvalue weighted by Gasteiger charge is -2.21. The Kier molecular flexibility index (Phi) is 4.46. The first-order valence-corrected chi connectivity index (χ1v) is 6.34. The molecule has 14 heavy (non-hydrogen) atoms. The van der Waals surface area contributed by atoms with Crippen LogP contribution in [0, 0.1) is 11.8 Å². The van der Waals surface area contributed by atoms with Crippen LogP contribution in [0.15, 0.2) is 24.3 Å². The van der Waals surface area contributed by atoms with Crippen molar-refractivity contribution in [3.8, 4) is 0 Å². The van der Waals surface area contributed by atoms with Crippen LogP contribution in [0.4, 0.5) is 0 Å². The van der Waals surface area contributed by atoms with E-state index in [1.807, 2.05) is 18.2 Å². The second kappa shape index (κ2) is 5.40. The standard InChI is InChI=1S/C12H18OS/c1-9(2)8-11(13)10-6-4-5-7-12(10)14-3/h4-7,9-10,12H,8H2,1-3H3. The maximum Gasteiger partial charge on any atom is 0.141 e. The lowest BCUT2D eigenvalue weighted by atomic mass is 9.91. The summed E-state index contributed by atoms with van der Waals surface area (Å²) in [4.78, 5) is 11.9. The van der Waals surface area contributed by atoms with Gasteiger partial charge in [-0.3, -0.25) is 4.79 Å². The van der Waals surface area contributed by atoms with E-state index < -0.39 is 0 Å². The molecule has 0 aliphatic heterocycles. The van der Waals surface area contributed by atoms with Gasteiger partial charge >= 0.3 is 0 Å². The highest BCUT2D eigenvalue weighted by molar-refractivity contribution is 7.99. The monoisotopic (exact) mass is 210 g/mol. The van der Waals surface area contributed by atoms with Crippen molar-refractivity contribution in [1.82, 2.24) is 0 Å². The first-order chi connectivity index (χ1) is 6.65. The van der Waals surface area contributed by atoms with Crippen molar-refractivity contribution in [3.63, 3.8) is 0 Å². The zero-order chi connectivity index (χ0) is 10.6. The fourth-order valence-corrected chi connectivity index (χ4v) is 2.42. The summed E-state index contributed by atoms with van der Waals surface area (Å²) in [6.45, 7) is 4.18. The summed E-state index contributed by atoms with van der Waals surface area (Å²) >= 11 is 1.75. The maximum absolute atomic E-state index is 11.9. The van der Waals surface area contributed by atoms with Gasteiger partial charge in [0.15, 0.2) is 0 Å². The summed E-state index contributed by atoms with van der Waals surface area (Å²) in [5.41, 5.74) is 0. The van der Waals surface area contributed by atoms with Gasteiger partial charge < -0.3 is 0 Å². The molecule has 0 bridgehead atoms. The number of carbonyl (C=O) groups excluding carboxylic acids is 1. The summed E-state index contributed by atoms with van der Waals surface area (Å²) in [5, 5.41) is 0.339. The number of hydrogen-bond donors (Lipinski definition) is 0. The van der Waals surface area contributed by atoms with E-state index in [1.54, 1.807) is 11.8 Å². The van der Waals surface area contributed by atoms with Crippen LogP contribution in [0.3, 0.4) is 0 Å². The number of carbonyl (C=O) groups is 1. The van der Waals surface area contributed by atoms with Gasteiger partial charge in [0.25, 0.3) is 0 Å². The SMILES string of the molecule is CSC1C=CC=CC1C(=O)CC(C)C. The molecule has 1 aliphatic carbocycles. The molecule has 0 aromatic rings. The number of hydrogen-bond acceptors (Lipinski definition) is 2. The first kappa shape index (κ1) is 11.6. The fraction of sp³-hybridized carbons (Fsp3) is 0.583. The van der Waals surface area contributed by atoms with Gasteiger partial charge in [-0.05, 0) is 12.2 Å². The zero-order valence-corrected chi connectivity index (χ0v) is 9.88. The Balaban J connectivity index is 2.61. The Morgan fingerprint density at radius 3 is 2.57 bits per heavy atom. The lowest BCUT2D eigenvalue weighted by molar-refractivity contribution is -0.122. The summed E-state index contributed by atoms with van der Waals surface area (Å²) in [6.07, 6.45) is 10.9. The molecule has 78 valence electrons. The molecule has 0 aromatic carbocycles. The van der Waals surface area contributed by atoms with Crippen LogP contribution < -0.4 is 0 Å². The maximum atomic E-state index is 11.9. The fourth-order valence-electron chi connectivity index (χ4n) is 1.64. The number of rotatable bonds is 4. The highest BCUT2D eigenvalue weighted by Crippen LogP contribution is 2.26. The van der Waals surface area contributed by atoms with E-state index in [1.165, 1.54) is 0 Å². The molecular weight excluding hydrogens is 192 g/mol. The Hall–Kier alpha value is -0.500. The van der Waals surface area contributed by atoms with Crippen molar-refractivity contribution in [2.45, 2.75) is 25.5 Å². The average Bonchev–Trinajstić information content (AvgIpc) is 2.16. The number of ketones is 1. The zero-order valence-electron chi connectivity index (χ0n) is 9.07. The smallest absolute Gasteiger partial charge is 0.141 e. The van der Waals surface area contributed by atoms with Crippen LogP contribution in [-0.4, -0.2) is 17.3 Å². The third kappa shape index (κ3) is 3.02. The summed E-state index contributed by atoms with van der Waals surface area (Å²) in [5.74, 6) is 0.932. The van der Waals surface area contributed by atoms with Gasteiger partial charge in [-0.1, -0.05) is 38.2 Å². The van der Waals surface area contributed by atoms with Crippen LogP contribution in [-0.2, 0) is 4.79 Å². The van der Waals surface area contributed by atoms with Gasteiger partial charge in [-0.2, -0.15) is 11.8 Å². The van der Waals surface area contributed by atoms with E-state index in [9.17, 15) is 4.79 Å². The molecule has 2 heteroatoms. The molecule has 1 aliphatic rings. The van der Waals surface area contributed by atoms with Gasteiger partial charge in [-0.15, -0.1) is 0 Å². The topological polar surface area (TPSA) is 17.1 Å². The Morgan fingerprint density at radius 1 is 1.36 bits per heavy atom. The summed E-state index contributed by atoms with van der Waals surface area (Å²) in [6, 6.07) is 0. The van der Waals surface area contributed by atoms with Crippen molar-refractivity contribution in [3.05, 3.63) is 24.3 Å². The molecule has 0 N–H and O–H groups in total. The molecule has 0 saturated carbocycles. The van der Waals surface area contributed by atoms with Gasteiger partial charge in [0.2, 0.25) is 0 Å². The molecule has 0 saturated heterocycles. The van der Waals surface area contributed by atoms with E-state index in [0.29, 0.717) is 23.4 Å².